The Hall–Kier alpha value is -2.02. The van der Waals surface area contributed by atoms with Gasteiger partial charge in [0, 0.05) is 16.4 Å². The number of carbonyl (C=O) groups excluding carboxylic acids is 3. The summed E-state index contributed by atoms with van der Waals surface area (Å²) in [5.74, 6) is -0.518. The molecular weight excluding hydrogens is 398 g/mol. The molecule has 162 valence electrons. The monoisotopic (exact) mass is 429 g/mol. The Morgan fingerprint density at radius 3 is 2.50 bits per heavy atom. The van der Waals surface area contributed by atoms with Crippen molar-refractivity contribution in [2.24, 2.45) is 0 Å². The van der Waals surface area contributed by atoms with Crippen molar-refractivity contribution >= 4 is 29.5 Å². The minimum Gasteiger partial charge on any atom is -0.352 e. The zero-order valence-corrected chi connectivity index (χ0v) is 18.8. The summed E-state index contributed by atoms with van der Waals surface area (Å²) in [7, 11) is 0. The van der Waals surface area contributed by atoms with Crippen LogP contribution >= 0.6 is 11.8 Å². The zero-order valence-electron chi connectivity index (χ0n) is 17.9. The minimum absolute atomic E-state index is 0.107. The molecule has 0 bridgehead atoms. The molecule has 30 heavy (non-hydrogen) atoms. The standard InChI is InChI=1S/C23H31N3O3S/c1-14(19(27)25-15-10-6-4-5-7-11-15)24-20(28)18-23(2,3)30-22-17-13-9-8-12-16(17)21(29)26(18)22/h8-9,12-15,18,22H,4-7,10-11H2,1-3H3,(H,24,28)(H,25,27)/t14-,18+,22-/m0/s1. The molecule has 1 aliphatic carbocycles. The maximum Gasteiger partial charge on any atom is 0.256 e. The number of thioether (sulfide) groups is 1. The van der Waals surface area contributed by atoms with E-state index < -0.39 is 16.8 Å². The fraction of sp³-hybridized carbons (Fsp3) is 0.609. The number of hydrogen-bond acceptors (Lipinski definition) is 4. The molecule has 3 atom stereocenters. The van der Waals surface area contributed by atoms with Crippen LogP contribution in [-0.2, 0) is 9.59 Å². The van der Waals surface area contributed by atoms with Crippen molar-refractivity contribution in [2.75, 3.05) is 0 Å². The third-order valence-electron chi connectivity index (χ3n) is 6.50. The van der Waals surface area contributed by atoms with Crippen LogP contribution in [0.15, 0.2) is 24.3 Å². The lowest BCUT2D eigenvalue weighted by Gasteiger charge is -2.30. The molecule has 1 aromatic carbocycles. The highest BCUT2D eigenvalue weighted by Gasteiger charge is 2.57. The molecule has 1 saturated carbocycles. The highest BCUT2D eigenvalue weighted by molar-refractivity contribution is 8.01. The van der Waals surface area contributed by atoms with Gasteiger partial charge in [-0.25, -0.2) is 0 Å². The second kappa shape index (κ2) is 8.25. The van der Waals surface area contributed by atoms with E-state index >= 15 is 0 Å². The number of benzene rings is 1. The lowest BCUT2D eigenvalue weighted by molar-refractivity contribution is -0.131. The van der Waals surface area contributed by atoms with Gasteiger partial charge in [0.1, 0.15) is 17.5 Å². The van der Waals surface area contributed by atoms with Gasteiger partial charge in [-0.2, -0.15) is 0 Å². The number of amides is 3. The average Bonchev–Trinajstić information content (AvgIpc) is 2.97. The van der Waals surface area contributed by atoms with Gasteiger partial charge >= 0.3 is 0 Å². The Morgan fingerprint density at radius 2 is 1.80 bits per heavy atom. The lowest BCUT2D eigenvalue weighted by atomic mass is 10.00. The highest BCUT2D eigenvalue weighted by Crippen LogP contribution is 2.56. The number of nitrogens with zero attached hydrogens (tertiary/aromatic N) is 1. The summed E-state index contributed by atoms with van der Waals surface area (Å²) in [5.41, 5.74) is 1.64. The second-order valence-corrected chi connectivity index (χ2v) is 10.9. The Bertz CT molecular complexity index is 848. The van der Waals surface area contributed by atoms with Gasteiger partial charge in [-0.15, -0.1) is 11.8 Å². The highest BCUT2D eigenvalue weighted by atomic mass is 32.2. The van der Waals surface area contributed by atoms with Crippen LogP contribution in [0.4, 0.5) is 0 Å². The fourth-order valence-corrected chi connectivity index (χ4v) is 6.50. The third-order valence-corrected chi connectivity index (χ3v) is 8.03. The van der Waals surface area contributed by atoms with Gasteiger partial charge in [0.25, 0.3) is 5.91 Å². The van der Waals surface area contributed by atoms with Crippen molar-refractivity contribution in [2.45, 2.75) is 87.5 Å². The smallest absolute Gasteiger partial charge is 0.256 e. The number of fused-ring (bicyclic) bond motifs is 3. The third kappa shape index (κ3) is 3.84. The molecule has 2 fully saturated rings. The molecule has 0 radical (unpaired) electrons. The molecule has 2 N–H and O–H groups in total. The quantitative estimate of drug-likeness (QED) is 0.720. The van der Waals surface area contributed by atoms with E-state index in [0.717, 1.165) is 31.2 Å². The van der Waals surface area contributed by atoms with E-state index in [1.165, 1.54) is 12.8 Å². The minimum atomic E-state index is -0.638. The van der Waals surface area contributed by atoms with Crippen LogP contribution in [0.2, 0.25) is 0 Å². The molecule has 0 unspecified atom stereocenters. The molecule has 2 aliphatic heterocycles. The lowest BCUT2D eigenvalue weighted by Crippen LogP contribution is -2.57. The van der Waals surface area contributed by atoms with Crippen LogP contribution in [0.3, 0.4) is 0 Å². The summed E-state index contributed by atoms with van der Waals surface area (Å²) >= 11 is 1.63. The van der Waals surface area contributed by atoms with Crippen molar-refractivity contribution in [3.8, 4) is 0 Å². The van der Waals surface area contributed by atoms with Gasteiger partial charge in [0.15, 0.2) is 0 Å². The molecule has 3 amide bonds. The van der Waals surface area contributed by atoms with Crippen LogP contribution in [0.5, 0.6) is 0 Å². The van der Waals surface area contributed by atoms with Crippen molar-refractivity contribution in [3.05, 3.63) is 35.4 Å². The largest absolute Gasteiger partial charge is 0.352 e. The number of carbonyl (C=O) groups is 3. The summed E-state index contributed by atoms with van der Waals surface area (Å²) in [4.78, 5) is 40.7. The van der Waals surface area contributed by atoms with E-state index in [1.807, 2.05) is 38.1 Å². The first kappa shape index (κ1) is 21.2. The maximum absolute atomic E-state index is 13.3. The first-order valence-electron chi connectivity index (χ1n) is 11.0. The Labute approximate surface area is 182 Å². The number of nitrogens with one attached hydrogen (secondary N) is 2. The Morgan fingerprint density at radius 1 is 1.13 bits per heavy atom. The Kier molecular flexibility index (Phi) is 5.84. The van der Waals surface area contributed by atoms with Crippen molar-refractivity contribution < 1.29 is 14.4 Å². The van der Waals surface area contributed by atoms with E-state index in [4.69, 9.17) is 0 Å². The van der Waals surface area contributed by atoms with Crippen LogP contribution in [0, 0.1) is 0 Å². The second-order valence-electron chi connectivity index (χ2n) is 9.20. The van der Waals surface area contributed by atoms with Gasteiger partial charge in [0.05, 0.1) is 0 Å². The summed E-state index contributed by atoms with van der Waals surface area (Å²) < 4.78 is -0.449. The van der Waals surface area contributed by atoms with E-state index in [9.17, 15) is 14.4 Å². The predicted octanol–water partition coefficient (Wildman–Crippen LogP) is 3.38. The van der Waals surface area contributed by atoms with Crippen LogP contribution < -0.4 is 10.6 Å². The number of hydrogen-bond donors (Lipinski definition) is 2. The van der Waals surface area contributed by atoms with E-state index in [-0.39, 0.29) is 29.1 Å². The normalized spacial score (nSPS) is 26.5. The van der Waals surface area contributed by atoms with Crippen molar-refractivity contribution in [1.29, 1.82) is 0 Å². The van der Waals surface area contributed by atoms with Gasteiger partial charge < -0.3 is 15.5 Å². The predicted molar refractivity (Wildman–Crippen MR) is 118 cm³/mol. The van der Waals surface area contributed by atoms with Crippen molar-refractivity contribution in [3.63, 3.8) is 0 Å². The van der Waals surface area contributed by atoms with E-state index in [2.05, 4.69) is 10.6 Å². The molecule has 7 heteroatoms. The average molecular weight is 430 g/mol. The fourth-order valence-electron chi connectivity index (χ4n) is 4.91. The summed E-state index contributed by atoms with van der Waals surface area (Å²) in [5, 5.41) is 5.83. The molecule has 2 heterocycles. The summed E-state index contributed by atoms with van der Waals surface area (Å²) in [6, 6.07) is 6.49. The number of rotatable bonds is 4. The van der Waals surface area contributed by atoms with E-state index in [0.29, 0.717) is 5.56 Å². The first-order chi connectivity index (χ1) is 14.3. The van der Waals surface area contributed by atoms with Crippen LogP contribution in [0.25, 0.3) is 0 Å². The maximum atomic E-state index is 13.3. The van der Waals surface area contributed by atoms with Crippen molar-refractivity contribution in [1.82, 2.24) is 15.5 Å². The van der Waals surface area contributed by atoms with Gasteiger partial charge in [-0.05, 0) is 45.2 Å². The van der Waals surface area contributed by atoms with Gasteiger partial charge in [-0.3, -0.25) is 14.4 Å². The molecule has 0 aromatic heterocycles. The van der Waals surface area contributed by atoms with Crippen LogP contribution in [0.1, 0.15) is 80.6 Å². The van der Waals surface area contributed by atoms with Gasteiger partial charge in [0.2, 0.25) is 11.8 Å². The zero-order chi connectivity index (χ0) is 21.5. The molecule has 3 aliphatic rings. The summed E-state index contributed by atoms with van der Waals surface area (Å²) in [6.45, 7) is 5.70. The summed E-state index contributed by atoms with van der Waals surface area (Å²) in [6.07, 6.45) is 6.72. The van der Waals surface area contributed by atoms with Crippen LogP contribution in [-0.4, -0.2) is 45.5 Å². The van der Waals surface area contributed by atoms with Gasteiger partial charge in [-0.1, -0.05) is 43.9 Å². The molecule has 1 saturated heterocycles. The topological polar surface area (TPSA) is 78.5 Å². The molecule has 0 spiro atoms. The molecule has 4 rings (SSSR count). The molecule has 1 aromatic rings. The SMILES string of the molecule is C[C@H](NC(=O)[C@H]1N2C(=O)c3ccccc3[C@@H]2SC1(C)C)C(=O)NC1CCCCCC1. The Balaban J connectivity index is 1.45. The first-order valence-corrected chi connectivity index (χ1v) is 11.9. The van der Waals surface area contributed by atoms with E-state index in [1.54, 1.807) is 23.6 Å². The molecule has 6 nitrogen and oxygen atoms in total. The molecular formula is C23H31N3O3S.